The van der Waals surface area contributed by atoms with Gasteiger partial charge in [-0.15, -0.1) is 11.3 Å². The second-order valence-electron chi connectivity index (χ2n) is 6.51. The highest BCUT2D eigenvalue weighted by Crippen LogP contribution is 2.32. The van der Waals surface area contributed by atoms with Crippen LogP contribution < -0.4 is 5.32 Å². The number of esters is 1. The molecule has 0 saturated heterocycles. The summed E-state index contributed by atoms with van der Waals surface area (Å²) in [6, 6.07) is 8.73. The summed E-state index contributed by atoms with van der Waals surface area (Å²) in [6.45, 7) is 2.40. The average molecular weight is 418 g/mol. The number of halogens is 1. The molecule has 2 aromatic rings. The van der Waals surface area contributed by atoms with Crippen molar-refractivity contribution in [2.45, 2.75) is 19.4 Å². The first-order valence-electron chi connectivity index (χ1n) is 9.24. The molecule has 3 rings (SSSR count). The van der Waals surface area contributed by atoms with Crippen molar-refractivity contribution in [3.8, 4) is 0 Å². The topological polar surface area (TPSA) is 67.9 Å². The zero-order valence-corrected chi connectivity index (χ0v) is 17.1. The zero-order valence-electron chi connectivity index (χ0n) is 16.3. The van der Waals surface area contributed by atoms with Crippen LogP contribution in [-0.4, -0.2) is 43.8 Å². The van der Waals surface area contributed by atoms with Crippen LogP contribution >= 0.6 is 11.3 Å². The number of thiophene rings is 1. The van der Waals surface area contributed by atoms with Crippen LogP contribution in [0.25, 0.3) is 0 Å². The van der Waals surface area contributed by atoms with Crippen LogP contribution in [0.1, 0.15) is 23.4 Å². The van der Waals surface area contributed by atoms with Crippen molar-refractivity contribution in [1.29, 1.82) is 0 Å². The van der Waals surface area contributed by atoms with Gasteiger partial charge in [0.2, 0.25) is 0 Å². The molecule has 1 atom stereocenters. The maximum atomic E-state index is 14.4. The van der Waals surface area contributed by atoms with E-state index in [1.54, 1.807) is 36.5 Å². The molecular formula is C21H23FN2O4S. The molecular weight excluding hydrogens is 395 g/mol. The van der Waals surface area contributed by atoms with Crippen molar-refractivity contribution in [2.75, 3.05) is 26.9 Å². The fourth-order valence-corrected chi connectivity index (χ4v) is 3.93. The molecule has 1 aliphatic heterocycles. The van der Waals surface area contributed by atoms with Gasteiger partial charge in [-0.1, -0.05) is 24.3 Å². The molecule has 2 heterocycles. The number of rotatable bonds is 8. The van der Waals surface area contributed by atoms with Gasteiger partial charge in [0, 0.05) is 29.8 Å². The summed E-state index contributed by atoms with van der Waals surface area (Å²) in [5, 5.41) is 4.74. The summed E-state index contributed by atoms with van der Waals surface area (Å²) in [4.78, 5) is 28.2. The lowest BCUT2D eigenvalue weighted by atomic mass is 9.94. The number of nitrogens with zero attached hydrogens (tertiary/aromatic N) is 1. The largest absolute Gasteiger partial charge is 0.460 e. The van der Waals surface area contributed by atoms with E-state index in [0.29, 0.717) is 18.7 Å². The number of nitrogens with one attached hydrogen (secondary N) is 1. The van der Waals surface area contributed by atoms with E-state index < -0.39 is 17.8 Å². The van der Waals surface area contributed by atoms with Crippen LogP contribution in [0.3, 0.4) is 0 Å². The van der Waals surface area contributed by atoms with E-state index in [4.69, 9.17) is 9.47 Å². The van der Waals surface area contributed by atoms with Gasteiger partial charge in [0.25, 0.3) is 0 Å². The lowest BCUT2D eigenvalue weighted by Gasteiger charge is -2.35. The number of benzene rings is 1. The predicted molar refractivity (Wildman–Crippen MR) is 108 cm³/mol. The molecule has 1 unspecified atom stereocenters. The molecule has 0 spiro atoms. The molecule has 154 valence electrons. The quantitative estimate of drug-likeness (QED) is 0.525. The molecule has 0 bridgehead atoms. The minimum atomic E-state index is -0.920. The SMILES string of the molecule is COCCOC(=O)C1=C(C)N(CCc2cccs2)C(=O)NC1c1ccccc1F. The van der Waals surface area contributed by atoms with E-state index in [1.807, 2.05) is 17.5 Å². The highest BCUT2D eigenvalue weighted by Gasteiger charge is 2.37. The molecule has 8 heteroatoms. The van der Waals surface area contributed by atoms with Crippen LogP contribution in [0.5, 0.6) is 0 Å². The first kappa shape index (κ1) is 21.0. The Morgan fingerprint density at radius 3 is 2.72 bits per heavy atom. The van der Waals surface area contributed by atoms with Gasteiger partial charge in [0.05, 0.1) is 18.2 Å². The summed E-state index contributed by atoms with van der Waals surface area (Å²) >= 11 is 1.60. The fourth-order valence-electron chi connectivity index (χ4n) is 3.23. The van der Waals surface area contributed by atoms with Gasteiger partial charge in [-0.3, -0.25) is 4.90 Å². The molecule has 0 fully saturated rings. The fraction of sp³-hybridized carbons (Fsp3) is 0.333. The Bertz CT molecular complexity index is 898. The molecule has 0 aliphatic carbocycles. The molecule has 1 aromatic carbocycles. The second-order valence-corrected chi connectivity index (χ2v) is 7.55. The minimum absolute atomic E-state index is 0.0687. The number of amides is 2. The summed E-state index contributed by atoms with van der Waals surface area (Å²) in [7, 11) is 1.51. The maximum Gasteiger partial charge on any atom is 0.338 e. The van der Waals surface area contributed by atoms with E-state index in [9.17, 15) is 14.0 Å². The lowest BCUT2D eigenvalue weighted by Crippen LogP contribution is -2.48. The van der Waals surface area contributed by atoms with E-state index >= 15 is 0 Å². The number of urea groups is 1. The summed E-state index contributed by atoms with van der Waals surface area (Å²) in [5.41, 5.74) is 0.898. The smallest absolute Gasteiger partial charge is 0.338 e. The molecule has 6 nitrogen and oxygen atoms in total. The van der Waals surface area contributed by atoms with Gasteiger partial charge >= 0.3 is 12.0 Å². The Labute approximate surface area is 172 Å². The molecule has 1 aliphatic rings. The number of carbonyl (C=O) groups is 2. The van der Waals surface area contributed by atoms with E-state index in [-0.39, 0.29) is 30.4 Å². The van der Waals surface area contributed by atoms with Crippen LogP contribution in [0.15, 0.2) is 53.0 Å². The van der Waals surface area contributed by atoms with Gasteiger partial charge in [0.15, 0.2) is 0 Å². The van der Waals surface area contributed by atoms with Crippen molar-refractivity contribution < 1.29 is 23.5 Å². The monoisotopic (exact) mass is 418 g/mol. The van der Waals surface area contributed by atoms with Gasteiger partial charge < -0.3 is 14.8 Å². The number of ether oxygens (including phenoxy) is 2. The van der Waals surface area contributed by atoms with Crippen molar-refractivity contribution >= 4 is 23.3 Å². The number of methoxy groups -OCH3 is 1. The Morgan fingerprint density at radius 2 is 2.03 bits per heavy atom. The van der Waals surface area contributed by atoms with Crippen LogP contribution in [0.4, 0.5) is 9.18 Å². The molecule has 29 heavy (non-hydrogen) atoms. The maximum absolute atomic E-state index is 14.4. The summed E-state index contributed by atoms with van der Waals surface area (Å²) < 4.78 is 24.7. The molecule has 1 N–H and O–H groups in total. The third kappa shape index (κ3) is 4.83. The first-order valence-corrected chi connectivity index (χ1v) is 10.1. The number of carbonyl (C=O) groups excluding carboxylic acids is 2. The standard InChI is InChI=1S/C21H23FN2O4S/c1-14-18(20(25)28-12-11-27-2)19(16-7-3-4-8-17(16)22)23-21(26)24(14)10-9-15-6-5-13-29-15/h3-8,13,19H,9-12H2,1-2H3,(H,23,26). The number of allylic oxidation sites excluding steroid dienone is 1. The second kappa shape index (κ2) is 9.67. The van der Waals surface area contributed by atoms with E-state index in [2.05, 4.69) is 5.32 Å². The number of hydrogen-bond donors (Lipinski definition) is 1. The van der Waals surface area contributed by atoms with Crippen molar-refractivity contribution in [1.82, 2.24) is 10.2 Å². The molecule has 0 saturated carbocycles. The van der Waals surface area contributed by atoms with Crippen molar-refractivity contribution in [2.24, 2.45) is 0 Å². The van der Waals surface area contributed by atoms with Crippen LogP contribution in [0.2, 0.25) is 0 Å². The minimum Gasteiger partial charge on any atom is -0.460 e. The van der Waals surface area contributed by atoms with Gasteiger partial charge in [-0.05, 0) is 30.9 Å². The Morgan fingerprint density at radius 1 is 1.24 bits per heavy atom. The molecule has 2 amide bonds. The first-order chi connectivity index (χ1) is 14.0. The van der Waals surface area contributed by atoms with E-state index in [0.717, 1.165) is 4.88 Å². The molecule has 0 radical (unpaired) electrons. The third-order valence-electron chi connectivity index (χ3n) is 4.71. The van der Waals surface area contributed by atoms with Crippen molar-refractivity contribution in [3.05, 3.63) is 69.3 Å². The zero-order chi connectivity index (χ0) is 20.8. The highest BCUT2D eigenvalue weighted by atomic mass is 32.1. The Hall–Kier alpha value is -2.71. The summed E-state index contributed by atoms with van der Waals surface area (Å²) in [5.74, 6) is -1.10. The van der Waals surface area contributed by atoms with Gasteiger partial charge in [-0.2, -0.15) is 0 Å². The number of hydrogen-bond acceptors (Lipinski definition) is 5. The normalized spacial score (nSPS) is 16.7. The lowest BCUT2D eigenvalue weighted by molar-refractivity contribution is -0.140. The van der Waals surface area contributed by atoms with Crippen LogP contribution in [-0.2, 0) is 20.7 Å². The predicted octanol–water partition coefficient (Wildman–Crippen LogP) is 3.66. The Balaban J connectivity index is 1.93. The van der Waals surface area contributed by atoms with Crippen LogP contribution in [0, 0.1) is 5.82 Å². The van der Waals surface area contributed by atoms with Gasteiger partial charge in [-0.25, -0.2) is 14.0 Å². The molecule has 1 aromatic heterocycles. The van der Waals surface area contributed by atoms with Gasteiger partial charge in [0.1, 0.15) is 12.4 Å². The average Bonchev–Trinajstić information content (AvgIpc) is 3.21. The van der Waals surface area contributed by atoms with E-state index in [1.165, 1.54) is 18.1 Å². The highest BCUT2D eigenvalue weighted by molar-refractivity contribution is 7.09. The van der Waals surface area contributed by atoms with Crippen molar-refractivity contribution in [3.63, 3.8) is 0 Å². The Kier molecular flexibility index (Phi) is 7.00. The third-order valence-corrected chi connectivity index (χ3v) is 5.65. The summed E-state index contributed by atoms with van der Waals surface area (Å²) in [6.07, 6.45) is 0.652.